The largest absolute Gasteiger partial charge is 0.310 e. The third-order valence-corrected chi connectivity index (χ3v) is 4.22. The predicted molar refractivity (Wildman–Crippen MR) is 87.9 cm³/mol. The Bertz CT molecular complexity index is 554. The van der Waals surface area contributed by atoms with Crippen LogP contribution >= 0.6 is 15.9 Å². The summed E-state index contributed by atoms with van der Waals surface area (Å²) >= 11 is 3.64. The summed E-state index contributed by atoms with van der Waals surface area (Å²) < 4.78 is 1.17. The van der Waals surface area contributed by atoms with E-state index >= 15 is 0 Å². The maximum absolute atomic E-state index is 4.42. The third kappa shape index (κ3) is 3.90. The highest BCUT2D eigenvalue weighted by Crippen LogP contribution is 2.25. The molecule has 1 N–H and O–H groups in total. The van der Waals surface area contributed by atoms with Gasteiger partial charge in [-0.1, -0.05) is 47.1 Å². The zero-order valence-corrected chi connectivity index (χ0v) is 13.7. The van der Waals surface area contributed by atoms with Crippen LogP contribution < -0.4 is 5.32 Å². The van der Waals surface area contributed by atoms with Crippen molar-refractivity contribution >= 4 is 15.9 Å². The van der Waals surface area contributed by atoms with Gasteiger partial charge in [-0.15, -0.1) is 0 Å². The van der Waals surface area contributed by atoms with E-state index in [1.807, 2.05) is 12.3 Å². The first-order valence-corrected chi connectivity index (χ1v) is 7.90. The maximum atomic E-state index is 4.42. The standard InChI is InChI=1S/C17H21BrN2/c1-3-10-20-17(15-8-6-11-19-13(15)2)12-14-7-4-5-9-16(14)18/h4-9,11,17,20H,3,10,12H2,1-2H3. The van der Waals surface area contributed by atoms with Crippen molar-refractivity contribution in [2.75, 3.05) is 6.54 Å². The second-order valence-corrected chi connectivity index (χ2v) is 5.83. The third-order valence-electron chi connectivity index (χ3n) is 3.45. The summed E-state index contributed by atoms with van der Waals surface area (Å²) in [7, 11) is 0. The summed E-state index contributed by atoms with van der Waals surface area (Å²) in [5.41, 5.74) is 3.72. The summed E-state index contributed by atoms with van der Waals surface area (Å²) in [6.07, 6.45) is 3.95. The van der Waals surface area contributed by atoms with Crippen LogP contribution in [0.25, 0.3) is 0 Å². The predicted octanol–water partition coefficient (Wildman–Crippen LogP) is 4.44. The lowest BCUT2D eigenvalue weighted by Gasteiger charge is -2.21. The molecule has 1 atom stereocenters. The Hall–Kier alpha value is -1.19. The molecule has 2 nitrogen and oxygen atoms in total. The summed E-state index contributed by atoms with van der Waals surface area (Å²) in [5, 5.41) is 3.64. The molecular formula is C17H21BrN2. The Morgan fingerprint density at radius 1 is 1.20 bits per heavy atom. The molecule has 0 saturated carbocycles. The van der Waals surface area contributed by atoms with Crippen molar-refractivity contribution in [3.05, 3.63) is 63.9 Å². The van der Waals surface area contributed by atoms with Crippen molar-refractivity contribution in [2.45, 2.75) is 32.7 Å². The van der Waals surface area contributed by atoms with E-state index in [9.17, 15) is 0 Å². The van der Waals surface area contributed by atoms with Crippen LogP contribution in [0.15, 0.2) is 47.1 Å². The molecule has 3 heteroatoms. The van der Waals surface area contributed by atoms with E-state index in [0.717, 1.165) is 25.1 Å². The number of nitrogens with one attached hydrogen (secondary N) is 1. The molecule has 0 bridgehead atoms. The first-order valence-electron chi connectivity index (χ1n) is 7.10. The molecule has 1 aromatic heterocycles. The van der Waals surface area contributed by atoms with Crippen LogP contribution in [0.5, 0.6) is 0 Å². The molecule has 0 aliphatic heterocycles. The van der Waals surface area contributed by atoms with Gasteiger partial charge < -0.3 is 5.32 Å². The number of halogens is 1. The minimum absolute atomic E-state index is 0.308. The highest BCUT2D eigenvalue weighted by molar-refractivity contribution is 9.10. The fraction of sp³-hybridized carbons (Fsp3) is 0.353. The molecule has 1 heterocycles. The molecule has 0 amide bonds. The fourth-order valence-electron chi connectivity index (χ4n) is 2.36. The second kappa shape index (κ2) is 7.55. The van der Waals surface area contributed by atoms with Crippen molar-refractivity contribution in [1.82, 2.24) is 10.3 Å². The van der Waals surface area contributed by atoms with Gasteiger partial charge in [-0.05, 0) is 49.6 Å². The Morgan fingerprint density at radius 2 is 2.00 bits per heavy atom. The lowest BCUT2D eigenvalue weighted by atomic mass is 9.98. The van der Waals surface area contributed by atoms with Crippen molar-refractivity contribution < 1.29 is 0 Å². The van der Waals surface area contributed by atoms with Crippen LogP contribution in [-0.4, -0.2) is 11.5 Å². The molecule has 1 aromatic carbocycles. The van der Waals surface area contributed by atoms with Gasteiger partial charge in [0.2, 0.25) is 0 Å². The van der Waals surface area contributed by atoms with Gasteiger partial charge in [-0.3, -0.25) is 4.98 Å². The van der Waals surface area contributed by atoms with E-state index < -0.39 is 0 Å². The average Bonchev–Trinajstić information content (AvgIpc) is 2.46. The SMILES string of the molecule is CCCNC(Cc1ccccc1Br)c1cccnc1C. The van der Waals surface area contributed by atoms with E-state index in [-0.39, 0.29) is 0 Å². The Labute approximate surface area is 129 Å². The smallest absolute Gasteiger partial charge is 0.0420 e. The van der Waals surface area contributed by atoms with Gasteiger partial charge in [0.05, 0.1) is 0 Å². The van der Waals surface area contributed by atoms with Crippen LogP contribution in [0.2, 0.25) is 0 Å². The molecule has 2 aromatic rings. The van der Waals surface area contributed by atoms with Crippen LogP contribution in [0, 0.1) is 6.92 Å². The number of pyridine rings is 1. The van der Waals surface area contributed by atoms with Gasteiger partial charge in [0.15, 0.2) is 0 Å². The molecule has 1 unspecified atom stereocenters. The van der Waals surface area contributed by atoms with Crippen molar-refractivity contribution in [3.63, 3.8) is 0 Å². The molecule has 0 saturated heterocycles. The summed E-state index contributed by atoms with van der Waals surface area (Å²) in [6.45, 7) is 5.29. The molecule has 106 valence electrons. The van der Waals surface area contributed by atoms with Gasteiger partial charge in [0.1, 0.15) is 0 Å². The van der Waals surface area contributed by atoms with E-state index in [1.165, 1.54) is 15.6 Å². The fourth-order valence-corrected chi connectivity index (χ4v) is 2.81. The lowest BCUT2D eigenvalue weighted by molar-refractivity contribution is 0.524. The number of hydrogen-bond donors (Lipinski definition) is 1. The average molecular weight is 333 g/mol. The number of benzene rings is 1. The molecule has 0 radical (unpaired) electrons. The Kier molecular flexibility index (Phi) is 5.74. The monoisotopic (exact) mass is 332 g/mol. The lowest BCUT2D eigenvalue weighted by Crippen LogP contribution is -2.25. The Morgan fingerprint density at radius 3 is 2.70 bits per heavy atom. The van der Waals surface area contributed by atoms with Gasteiger partial charge in [-0.25, -0.2) is 0 Å². The Balaban J connectivity index is 2.24. The first-order chi connectivity index (χ1) is 9.72. The minimum Gasteiger partial charge on any atom is -0.310 e. The summed E-state index contributed by atoms with van der Waals surface area (Å²) in [6, 6.07) is 12.9. The summed E-state index contributed by atoms with van der Waals surface area (Å²) in [4.78, 5) is 4.42. The number of nitrogens with zero attached hydrogens (tertiary/aromatic N) is 1. The topological polar surface area (TPSA) is 24.9 Å². The first kappa shape index (κ1) is 15.2. The minimum atomic E-state index is 0.308. The van der Waals surface area contributed by atoms with Gasteiger partial charge >= 0.3 is 0 Å². The number of rotatable bonds is 6. The van der Waals surface area contributed by atoms with Crippen LogP contribution in [-0.2, 0) is 6.42 Å². The van der Waals surface area contributed by atoms with Gasteiger partial charge in [0, 0.05) is 22.4 Å². The van der Waals surface area contributed by atoms with Gasteiger partial charge in [-0.2, -0.15) is 0 Å². The highest BCUT2D eigenvalue weighted by atomic mass is 79.9. The second-order valence-electron chi connectivity index (χ2n) is 4.98. The van der Waals surface area contributed by atoms with Crippen molar-refractivity contribution in [1.29, 1.82) is 0 Å². The van der Waals surface area contributed by atoms with Crippen LogP contribution in [0.1, 0.15) is 36.2 Å². The quantitative estimate of drug-likeness (QED) is 0.846. The van der Waals surface area contributed by atoms with Crippen LogP contribution in [0.3, 0.4) is 0 Å². The molecular weight excluding hydrogens is 312 g/mol. The molecule has 2 rings (SSSR count). The zero-order valence-electron chi connectivity index (χ0n) is 12.1. The van der Waals surface area contributed by atoms with Gasteiger partial charge in [0.25, 0.3) is 0 Å². The normalized spacial score (nSPS) is 12.3. The molecule has 0 aliphatic rings. The summed E-state index contributed by atoms with van der Waals surface area (Å²) in [5.74, 6) is 0. The van der Waals surface area contributed by atoms with Crippen LogP contribution in [0.4, 0.5) is 0 Å². The van der Waals surface area contributed by atoms with E-state index in [2.05, 4.69) is 70.4 Å². The van der Waals surface area contributed by atoms with E-state index in [1.54, 1.807) is 0 Å². The van der Waals surface area contributed by atoms with Crippen molar-refractivity contribution in [3.8, 4) is 0 Å². The zero-order chi connectivity index (χ0) is 14.4. The van der Waals surface area contributed by atoms with Crippen molar-refractivity contribution in [2.24, 2.45) is 0 Å². The highest BCUT2D eigenvalue weighted by Gasteiger charge is 2.15. The van der Waals surface area contributed by atoms with E-state index in [0.29, 0.717) is 6.04 Å². The number of aromatic nitrogens is 1. The maximum Gasteiger partial charge on any atom is 0.0420 e. The molecule has 20 heavy (non-hydrogen) atoms. The number of aryl methyl sites for hydroxylation is 1. The number of hydrogen-bond acceptors (Lipinski definition) is 2. The molecule has 0 spiro atoms. The molecule has 0 aliphatic carbocycles. The molecule has 0 fully saturated rings. The van der Waals surface area contributed by atoms with E-state index in [4.69, 9.17) is 0 Å².